The minimum atomic E-state index is -0.0282. The first-order chi connectivity index (χ1) is 10.1. The van der Waals surface area contributed by atoms with Gasteiger partial charge in [0.05, 0.1) is 0 Å². The van der Waals surface area contributed by atoms with Gasteiger partial charge in [0.15, 0.2) is 17.3 Å². The molecule has 0 N–H and O–H groups in total. The molecule has 0 fully saturated rings. The van der Waals surface area contributed by atoms with Crippen LogP contribution in [0.5, 0.6) is 11.5 Å². The van der Waals surface area contributed by atoms with Gasteiger partial charge >= 0.3 is 0 Å². The maximum Gasteiger partial charge on any atom is 0.231 e. The van der Waals surface area contributed by atoms with Gasteiger partial charge in [0.25, 0.3) is 0 Å². The van der Waals surface area contributed by atoms with Crippen LogP contribution >= 0.6 is 15.9 Å². The van der Waals surface area contributed by atoms with Crippen molar-refractivity contribution in [2.24, 2.45) is 0 Å². The monoisotopic (exact) mass is 344 g/mol. The number of carbonyl (C=O) groups excluding carboxylic acids is 1. The molecule has 1 aliphatic heterocycles. The predicted octanol–water partition coefficient (Wildman–Crippen LogP) is 4.38. The molecule has 1 aliphatic rings. The summed E-state index contributed by atoms with van der Waals surface area (Å²) < 4.78 is 11.5. The minimum absolute atomic E-state index is 0.0282. The van der Waals surface area contributed by atoms with Crippen LogP contribution in [0.2, 0.25) is 0 Å². The maximum absolute atomic E-state index is 12.1. The third-order valence-corrected chi connectivity index (χ3v) is 3.93. The minimum Gasteiger partial charge on any atom is -0.454 e. The molecule has 2 aromatic carbocycles. The fourth-order valence-corrected chi connectivity index (χ4v) is 2.49. The number of allylic oxidation sites excluding steroid dienone is 1. The number of benzene rings is 2. The van der Waals surface area contributed by atoms with E-state index in [1.54, 1.807) is 12.2 Å². The molecule has 0 amide bonds. The fraction of sp³-hybridized carbons (Fsp3) is 0.118. The number of ether oxygens (including phenoxy) is 2. The smallest absolute Gasteiger partial charge is 0.231 e. The summed E-state index contributed by atoms with van der Waals surface area (Å²) in [5, 5.41) is 0. The van der Waals surface area contributed by atoms with Crippen molar-refractivity contribution in [1.82, 2.24) is 0 Å². The van der Waals surface area contributed by atoms with Crippen LogP contribution < -0.4 is 9.47 Å². The normalized spacial score (nSPS) is 12.9. The van der Waals surface area contributed by atoms with Gasteiger partial charge in [-0.2, -0.15) is 0 Å². The van der Waals surface area contributed by atoms with Gasteiger partial charge in [-0.1, -0.05) is 45.8 Å². The molecule has 106 valence electrons. The van der Waals surface area contributed by atoms with E-state index in [2.05, 4.69) is 15.9 Å². The topological polar surface area (TPSA) is 35.5 Å². The van der Waals surface area contributed by atoms with Crippen LogP contribution in [-0.4, -0.2) is 12.6 Å². The van der Waals surface area contributed by atoms with E-state index in [1.165, 1.54) is 0 Å². The Morgan fingerprint density at radius 3 is 2.52 bits per heavy atom. The maximum atomic E-state index is 12.1. The molecule has 0 aromatic heterocycles. The van der Waals surface area contributed by atoms with Crippen LogP contribution in [0.4, 0.5) is 0 Å². The van der Waals surface area contributed by atoms with Crippen molar-refractivity contribution in [3.05, 3.63) is 63.6 Å². The van der Waals surface area contributed by atoms with E-state index >= 15 is 0 Å². The van der Waals surface area contributed by atoms with Crippen LogP contribution in [0.1, 0.15) is 21.5 Å². The fourth-order valence-electron chi connectivity index (χ4n) is 2.04. The van der Waals surface area contributed by atoms with Gasteiger partial charge in [-0.25, -0.2) is 0 Å². The summed E-state index contributed by atoms with van der Waals surface area (Å²) in [6, 6.07) is 11.2. The standard InChI is InChI=1S/C17H13BrO3/c1-11-2-4-12(5-3-11)15(19)7-6-13-8-16-17(9-14(13)18)21-10-20-16/h2-9H,10H2,1H3/b7-6+. The molecule has 2 aromatic rings. The van der Waals surface area contributed by atoms with Crippen LogP contribution in [0.15, 0.2) is 46.9 Å². The Kier molecular flexibility index (Phi) is 3.80. The molecule has 3 rings (SSSR count). The van der Waals surface area contributed by atoms with E-state index in [4.69, 9.17) is 9.47 Å². The number of rotatable bonds is 3. The molecule has 0 aliphatic carbocycles. The third-order valence-electron chi connectivity index (χ3n) is 3.24. The van der Waals surface area contributed by atoms with E-state index in [9.17, 15) is 4.79 Å². The summed E-state index contributed by atoms with van der Waals surface area (Å²) in [6.45, 7) is 2.23. The molecule has 1 heterocycles. The first-order valence-corrected chi connectivity index (χ1v) is 7.31. The van der Waals surface area contributed by atoms with Gasteiger partial charge < -0.3 is 9.47 Å². The predicted molar refractivity (Wildman–Crippen MR) is 84.8 cm³/mol. The van der Waals surface area contributed by atoms with Crippen molar-refractivity contribution in [3.63, 3.8) is 0 Å². The Balaban J connectivity index is 1.83. The Labute approximate surface area is 131 Å². The largest absolute Gasteiger partial charge is 0.454 e. The van der Waals surface area contributed by atoms with Gasteiger partial charge in [-0.05, 0) is 36.8 Å². The van der Waals surface area contributed by atoms with Crippen molar-refractivity contribution < 1.29 is 14.3 Å². The number of fused-ring (bicyclic) bond motifs is 1. The van der Waals surface area contributed by atoms with E-state index < -0.39 is 0 Å². The van der Waals surface area contributed by atoms with Crippen molar-refractivity contribution in [1.29, 1.82) is 0 Å². The number of hydrogen-bond acceptors (Lipinski definition) is 3. The summed E-state index contributed by atoms with van der Waals surface area (Å²) in [5.41, 5.74) is 2.68. The number of ketones is 1. The van der Waals surface area contributed by atoms with Crippen LogP contribution in [-0.2, 0) is 0 Å². The highest BCUT2D eigenvalue weighted by Gasteiger charge is 2.15. The van der Waals surface area contributed by atoms with Crippen LogP contribution in [0.3, 0.4) is 0 Å². The lowest BCUT2D eigenvalue weighted by Gasteiger charge is -2.02. The Hall–Kier alpha value is -2.07. The second kappa shape index (κ2) is 5.74. The van der Waals surface area contributed by atoms with Gasteiger partial charge in [0.2, 0.25) is 6.79 Å². The summed E-state index contributed by atoms with van der Waals surface area (Å²) in [4.78, 5) is 12.1. The Morgan fingerprint density at radius 2 is 1.81 bits per heavy atom. The third kappa shape index (κ3) is 3.00. The highest BCUT2D eigenvalue weighted by Crippen LogP contribution is 2.37. The van der Waals surface area contributed by atoms with Crippen molar-refractivity contribution in [2.75, 3.05) is 6.79 Å². The second-order valence-electron chi connectivity index (χ2n) is 4.79. The van der Waals surface area contributed by atoms with Gasteiger partial charge in [0, 0.05) is 10.0 Å². The second-order valence-corrected chi connectivity index (χ2v) is 5.64. The molecule has 0 spiro atoms. The summed E-state index contributed by atoms with van der Waals surface area (Å²) in [6.07, 6.45) is 3.33. The Bertz CT molecular complexity index is 718. The Morgan fingerprint density at radius 1 is 1.14 bits per heavy atom. The average Bonchev–Trinajstić information content (AvgIpc) is 2.92. The number of carbonyl (C=O) groups is 1. The summed E-state index contributed by atoms with van der Waals surface area (Å²) in [7, 11) is 0. The molecular weight excluding hydrogens is 332 g/mol. The molecule has 0 saturated carbocycles. The number of halogens is 1. The van der Waals surface area contributed by atoms with Gasteiger partial charge in [0.1, 0.15) is 0 Å². The molecular formula is C17H13BrO3. The quantitative estimate of drug-likeness (QED) is 0.612. The highest BCUT2D eigenvalue weighted by molar-refractivity contribution is 9.10. The van der Waals surface area contributed by atoms with Crippen LogP contribution in [0.25, 0.3) is 6.08 Å². The average molecular weight is 345 g/mol. The molecule has 0 radical (unpaired) electrons. The lowest BCUT2D eigenvalue weighted by molar-refractivity contribution is 0.104. The summed E-state index contributed by atoms with van der Waals surface area (Å²) in [5.74, 6) is 1.38. The van der Waals surface area contributed by atoms with Crippen molar-refractivity contribution >= 4 is 27.8 Å². The molecule has 0 unspecified atom stereocenters. The molecule has 3 nitrogen and oxygen atoms in total. The molecule has 21 heavy (non-hydrogen) atoms. The van der Waals surface area contributed by atoms with Crippen molar-refractivity contribution in [2.45, 2.75) is 6.92 Å². The highest BCUT2D eigenvalue weighted by atomic mass is 79.9. The zero-order valence-electron chi connectivity index (χ0n) is 11.4. The van der Waals surface area contributed by atoms with E-state index in [1.807, 2.05) is 43.3 Å². The zero-order chi connectivity index (χ0) is 14.8. The lowest BCUT2D eigenvalue weighted by Crippen LogP contribution is -1.93. The van der Waals surface area contributed by atoms with Gasteiger partial charge in [-0.3, -0.25) is 4.79 Å². The van der Waals surface area contributed by atoms with E-state index in [-0.39, 0.29) is 12.6 Å². The SMILES string of the molecule is Cc1ccc(C(=O)/C=C/c2cc3c(cc2Br)OCO3)cc1. The number of aryl methyl sites for hydroxylation is 1. The van der Waals surface area contributed by atoms with Gasteiger partial charge in [-0.15, -0.1) is 0 Å². The molecule has 4 heteroatoms. The summed E-state index contributed by atoms with van der Waals surface area (Å²) >= 11 is 3.47. The zero-order valence-corrected chi connectivity index (χ0v) is 13.0. The van der Waals surface area contributed by atoms with Crippen molar-refractivity contribution in [3.8, 4) is 11.5 Å². The first kappa shape index (κ1) is 13.9. The van der Waals surface area contributed by atoms with E-state index in [0.717, 1.165) is 15.6 Å². The van der Waals surface area contributed by atoms with Crippen LogP contribution in [0, 0.1) is 6.92 Å². The molecule has 0 atom stereocenters. The number of hydrogen-bond donors (Lipinski definition) is 0. The lowest BCUT2D eigenvalue weighted by atomic mass is 10.1. The molecule has 0 bridgehead atoms. The molecule has 0 saturated heterocycles. The first-order valence-electron chi connectivity index (χ1n) is 6.52. The van der Waals surface area contributed by atoms with E-state index in [0.29, 0.717) is 17.1 Å².